The van der Waals surface area contributed by atoms with E-state index in [1.807, 2.05) is 0 Å². The molecule has 0 bridgehead atoms. The average molecular weight is 294 g/mol. The summed E-state index contributed by atoms with van der Waals surface area (Å²) in [6.45, 7) is 0. The van der Waals surface area contributed by atoms with Crippen molar-refractivity contribution < 1.29 is 10.0 Å². The second-order valence-electron chi connectivity index (χ2n) is 3.67. The van der Waals surface area contributed by atoms with Crippen LogP contribution in [0.2, 0.25) is 0 Å². The van der Waals surface area contributed by atoms with Gasteiger partial charge in [0.2, 0.25) is 0 Å². The van der Waals surface area contributed by atoms with E-state index in [1.54, 1.807) is 0 Å². The summed E-state index contributed by atoms with van der Waals surface area (Å²) in [7, 11) is 0. The van der Waals surface area contributed by atoms with Crippen molar-refractivity contribution in [3.05, 3.63) is 49.5 Å². The Hall–Kier alpha value is -2.88. The molecule has 0 aliphatic rings. The zero-order chi connectivity index (χ0) is 14.7. The molecular weight excluding hydrogens is 286 g/mol. The molecule has 2 aromatic rings. The van der Waals surface area contributed by atoms with Gasteiger partial charge in [-0.15, -0.1) is 0 Å². The minimum Gasteiger partial charge on any atom is -0.859 e. The molecule has 0 radical (unpaired) electrons. The largest absolute Gasteiger partial charge is 0.859 e. The predicted octanol–water partition coefficient (Wildman–Crippen LogP) is 0.853. The normalized spacial score (nSPS) is 10.0. The lowest BCUT2D eigenvalue weighted by molar-refractivity contribution is -0.384. The summed E-state index contributed by atoms with van der Waals surface area (Å²) in [4.78, 5) is 26.0. The minimum absolute atomic E-state index is 0.0825. The highest BCUT2D eigenvalue weighted by Crippen LogP contribution is 2.17. The number of aromatic amines is 2. The molecule has 1 aromatic carbocycles. The highest BCUT2D eigenvalue weighted by Gasteiger charge is 2.06. The van der Waals surface area contributed by atoms with Crippen molar-refractivity contribution in [2.24, 2.45) is 0 Å². The molecule has 104 valence electrons. The molecule has 9 nitrogen and oxygen atoms in total. The van der Waals surface area contributed by atoms with Crippen molar-refractivity contribution in [2.45, 2.75) is 0 Å². The van der Waals surface area contributed by atoms with E-state index >= 15 is 0 Å². The molecule has 0 atom stereocenters. The van der Waals surface area contributed by atoms with Gasteiger partial charge in [0.25, 0.3) is 11.2 Å². The van der Waals surface area contributed by atoms with Gasteiger partial charge >= 0.3 is 0 Å². The second-order valence-corrected chi connectivity index (χ2v) is 4.08. The fourth-order valence-electron chi connectivity index (χ4n) is 1.41. The van der Waals surface area contributed by atoms with Crippen LogP contribution in [0.25, 0.3) is 0 Å². The molecular formula is C10H8N5O4S-. The minimum atomic E-state index is -0.698. The van der Waals surface area contributed by atoms with Crippen LogP contribution in [0, 0.1) is 14.9 Å². The number of nitrogens with zero attached hydrogens (tertiary/aromatic N) is 1. The fourth-order valence-corrected chi connectivity index (χ4v) is 1.60. The highest BCUT2D eigenvalue weighted by molar-refractivity contribution is 7.71. The number of nitro benzene ring substituents is 1. The van der Waals surface area contributed by atoms with E-state index in [0.717, 1.165) is 0 Å². The van der Waals surface area contributed by atoms with Gasteiger partial charge in [-0.05, 0) is 24.2 Å². The molecule has 2 rings (SSSR count). The van der Waals surface area contributed by atoms with E-state index in [2.05, 4.69) is 33.0 Å². The Labute approximate surface area is 116 Å². The lowest BCUT2D eigenvalue weighted by Gasteiger charge is -2.14. The van der Waals surface area contributed by atoms with Crippen LogP contribution in [0.4, 0.5) is 17.1 Å². The maximum atomic E-state index is 11.5. The number of nitrogens with one attached hydrogen (secondary N) is 4. The number of hydrogen-bond acceptors (Lipinski definition) is 7. The molecule has 0 aliphatic heterocycles. The van der Waals surface area contributed by atoms with Crippen LogP contribution in [0.15, 0.2) is 29.1 Å². The lowest BCUT2D eigenvalue weighted by atomic mass is 10.3. The van der Waals surface area contributed by atoms with Gasteiger partial charge in [-0.2, -0.15) is 0 Å². The van der Waals surface area contributed by atoms with Crippen molar-refractivity contribution in [1.82, 2.24) is 9.97 Å². The van der Waals surface area contributed by atoms with Crippen LogP contribution in [0.1, 0.15) is 0 Å². The van der Waals surface area contributed by atoms with Gasteiger partial charge in [-0.25, -0.2) is 0 Å². The molecule has 0 amide bonds. The van der Waals surface area contributed by atoms with E-state index < -0.39 is 16.4 Å². The molecule has 0 saturated carbocycles. The number of anilines is 2. The van der Waals surface area contributed by atoms with Crippen LogP contribution in [-0.4, -0.2) is 14.9 Å². The predicted molar refractivity (Wildman–Crippen MR) is 72.0 cm³/mol. The monoisotopic (exact) mass is 294 g/mol. The molecule has 10 heteroatoms. The Balaban J connectivity index is 2.21. The second kappa shape index (κ2) is 5.40. The van der Waals surface area contributed by atoms with Gasteiger partial charge in [0, 0.05) is 12.1 Å². The van der Waals surface area contributed by atoms with Gasteiger partial charge in [0.05, 0.1) is 10.6 Å². The molecule has 0 spiro atoms. The third-order valence-corrected chi connectivity index (χ3v) is 2.50. The van der Waals surface area contributed by atoms with E-state index in [4.69, 9.17) is 0 Å². The first-order chi connectivity index (χ1) is 9.47. The molecule has 0 unspecified atom stereocenters. The Morgan fingerprint density at radius 3 is 2.65 bits per heavy atom. The molecule has 0 saturated heterocycles. The quantitative estimate of drug-likeness (QED) is 0.372. The van der Waals surface area contributed by atoms with Gasteiger partial charge in [0.15, 0.2) is 4.77 Å². The first kappa shape index (κ1) is 13.5. The van der Waals surface area contributed by atoms with Crippen molar-refractivity contribution >= 4 is 29.3 Å². The number of nitro groups is 1. The van der Waals surface area contributed by atoms with Gasteiger partial charge in [-0.1, -0.05) is 6.07 Å². The maximum Gasteiger partial charge on any atom is 0.276 e. The average Bonchev–Trinajstić information content (AvgIpc) is 2.37. The lowest BCUT2D eigenvalue weighted by Crippen LogP contribution is -2.21. The van der Waals surface area contributed by atoms with Crippen molar-refractivity contribution in [2.75, 3.05) is 10.9 Å². The number of hydrogen-bond donors (Lipinski definition) is 4. The SMILES string of the molecule is O=c1[nH]c(=S)[nH]c([O-])c1NNc1cccc([N+](=O)[O-])c1. The number of non-ortho nitro benzene ring substituents is 1. The number of rotatable bonds is 4. The maximum absolute atomic E-state index is 11.5. The van der Waals surface area contributed by atoms with E-state index in [-0.39, 0.29) is 16.1 Å². The summed E-state index contributed by atoms with van der Waals surface area (Å²) < 4.78 is -0.0825. The third-order valence-electron chi connectivity index (χ3n) is 2.30. The molecule has 0 aliphatic carbocycles. The molecule has 1 heterocycles. The van der Waals surface area contributed by atoms with Crippen LogP contribution in [0.3, 0.4) is 0 Å². The summed E-state index contributed by atoms with van der Waals surface area (Å²) in [6, 6.07) is 5.56. The summed E-state index contributed by atoms with van der Waals surface area (Å²) in [5.41, 5.74) is 4.11. The number of hydrazine groups is 1. The summed E-state index contributed by atoms with van der Waals surface area (Å²) in [5.74, 6) is -0.698. The van der Waals surface area contributed by atoms with E-state index in [0.29, 0.717) is 5.69 Å². The number of H-pyrrole nitrogens is 2. The van der Waals surface area contributed by atoms with Gasteiger partial charge < -0.3 is 15.5 Å². The van der Waals surface area contributed by atoms with Crippen LogP contribution < -0.4 is 21.5 Å². The third kappa shape index (κ3) is 2.92. The molecule has 20 heavy (non-hydrogen) atoms. The Morgan fingerprint density at radius 2 is 2.00 bits per heavy atom. The van der Waals surface area contributed by atoms with Crippen molar-refractivity contribution in [3.8, 4) is 5.88 Å². The number of aromatic nitrogens is 2. The Bertz CT molecular complexity index is 769. The van der Waals surface area contributed by atoms with Crippen LogP contribution in [0.5, 0.6) is 5.88 Å². The zero-order valence-electron chi connectivity index (χ0n) is 9.80. The van der Waals surface area contributed by atoms with Crippen molar-refractivity contribution in [3.63, 3.8) is 0 Å². The smallest absolute Gasteiger partial charge is 0.276 e. The Kier molecular flexibility index (Phi) is 3.66. The zero-order valence-corrected chi connectivity index (χ0v) is 10.6. The molecule has 1 aromatic heterocycles. The molecule has 4 N–H and O–H groups in total. The Morgan fingerprint density at radius 1 is 1.25 bits per heavy atom. The first-order valence-electron chi connectivity index (χ1n) is 5.27. The summed E-state index contributed by atoms with van der Waals surface area (Å²) in [6.07, 6.45) is 0. The topological polar surface area (TPSA) is 139 Å². The van der Waals surface area contributed by atoms with Gasteiger partial charge in [0.1, 0.15) is 5.69 Å². The highest BCUT2D eigenvalue weighted by atomic mass is 32.1. The fraction of sp³-hybridized carbons (Fsp3) is 0. The van der Waals surface area contributed by atoms with Gasteiger partial charge in [-0.3, -0.25) is 25.3 Å². The number of benzene rings is 1. The summed E-state index contributed by atoms with van der Waals surface area (Å²) >= 11 is 4.64. The van der Waals surface area contributed by atoms with Crippen molar-refractivity contribution in [1.29, 1.82) is 0 Å². The van der Waals surface area contributed by atoms with E-state index in [9.17, 15) is 20.0 Å². The standard InChI is InChI=1S/C10H9N5O4S/c16-8-7(9(17)12-10(20)11-8)14-13-5-2-1-3-6(4-5)15(18)19/h1-4,13-14H,(H3,11,12,16,17,20)/p-1. The van der Waals surface area contributed by atoms with Crippen LogP contribution >= 0.6 is 12.2 Å². The first-order valence-corrected chi connectivity index (χ1v) is 5.68. The van der Waals surface area contributed by atoms with Crippen LogP contribution in [-0.2, 0) is 0 Å². The van der Waals surface area contributed by atoms with E-state index in [1.165, 1.54) is 24.3 Å². The summed E-state index contributed by atoms with van der Waals surface area (Å²) in [5, 5.41) is 22.1. The molecule has 0 fully saturated rings.